The maximum atomic E-state index is 12.3. The van der Waals surface area contributed by atoms with Gasteiger partial charge in [-0.25, -0.2) is 4.98 Å². The Morgan fingerprint density at radius 2 is 1.88 bits per heavy atom. The SMILES string of the molecule is CN(Cc1ccc(Cl)cc1)C(=O)CCc1nc2ccccc2c(=O)[nH]1. The highest BCUT2D eigenvalue weighted by Crippen LogP contribution is 2.12. The quantitative estimate of drug-likeness (QED) is 0.764. The van der Waals surface area contributed by atoms with Gasteiger partial charge in [0.05, 0.1) is 10.9 Å². The second-order valence-corrected chi connectivity index (χ2v) is 6.34. The number of aryl methyl sites for hydroxylation is 1. The van der Waals surface area contributed by atoms with Gasteiger partial charge in [-0.3, -0.25) is 9.59 Å². The van der Waals surface area contributed by atoms with Gasteiger partial charge in [-0.15, -0.1) is 0 Å². The standard InChI is InChI=1S/C19H18ClN3O2/c1-23(12-13-6-8-14(20)9-7-13)18(24)11-10-17-21-16-5-3-2-4-15(16)19(25)22-17/h2-9H,10-12H2,1H3,(H,21,22,25). The van der Waals surface area contributed by atoms with Crippen LogP contribution in [-0.4, -0.2) is 27.8 Å². The molecule has 0 radical (unpaired) electrons. The summed E-state index contributed by atoms with van der Waals surface area (Å²) in [5.41, 5.74) is 1.48. The number of para-hydroxylation sites is 1. The molecular weight excluding hydrogens is 338 g/mol. The molecular formula is C19H18ClN3O2. The van der Waals surface area contributed by atoms with Crippen molar-refractivity contribution in [1.29, 1.82) is 0 Å². The van der Waals surface area contributed by atoms with Crippen LogP contribution in [0.3, 0.4) is 0 Å². The Morgan fingerprint density at radius 1 is 1.16 bits per heavy atom. The molecule has 0 saturated carbocycles. The molecule has 6 heteroatoms. The Bertz CT molecular complexity index is 951. The lowest BCUT2D eigenvalue weighted by molar-refractivity contribution is -0.130. The summed E-state index contributed by atoms with van der Waals surface area (Å²) < 4.78 is 0. The molecule has 1 N–H and O–H groups in total. The first kappa shape index (κ1) is 17.2. The number of hydrogen-bond acceptors (Lipinski definition) is 3. The van der Waals surface area contributed by atoms with Crippen LogP contribution < -0.4 is 5.56 Å². The number of amides is 1. The van der Waals surface area contributed by atoms with Gasteiger partial charge >= 0.3 is 0 Å². The minimum atomic E-state index is -0.178. The number of H-pyrrole nitrogens is 1. The Hall–Kier alpha value is -2.66. The van der Waals surface area contributed by atoms with E-state index in [1.54, 1.807) is 42.3 Å². The summed E-state index contributed by atoms with van der Waals surface area (Å²) in [4.78, 5) is 33.2. The van der Waals surface area contributed by atoms with Crippen molar-refractivity contribution in [3.05, 3.63) is 75.3 Å². The Kier molecular flexibility index (Phi) is 5.14. The zero-order valence-electron chi connectivity index (χ0n) is 13.8. The number of aromatic amines is 1. The van der Waals surface area contributed by atoms with Crippen LogP contribution >= 0.6 is 11.6 Å². The van der Waals surface area contributed by atoms with Gasteiger partial charge in [-0.05, 0) is 29.8 Å². The average molecular weight is 356 g/mol. The second kappa shape index (κ2) is 7.49. The van der Waals surface area contributed by atoms with E-state index in [0.29, 0.717) is 34.7 Å². The minimum Gasteiger partial charge on any atom is -0.341 e. The van der Waals surface area contributed by atoms with E-state index in [-0.39, 0.29) is 17.9 Å². The molecule has 3 rings (SSSR count). The van der Waals surface area contributed by atoms with E-state index in [1.807, 2.05) is 18.2 Å². The number of aromatic nitrogens is 2. The normalized spacial score (nSPS) is 10.8. The van der Waals surface area contributed by atoms with Gasteiger partial charge in [0.15, 0.2) is 0 Å². The van der Waals surface area contributed by atoms with Gasteiger partial charge in [0.1, 0.15) is 5.82 Å². The van der Waals surface area contributed by atoms with E-state index in [4.69, 9.17) is 11.6 Å². The zero-order valence-corrected chi connectivity index (χ0v) is 14.6. The summed E-state index contributed by atoms with van der Waals surface area (Å²) in [5, 5.41) is 1.22. The van der Waals surface area contributed by atoms with E-state index in [1.165, 1.54) is 0 Å². The van der Waals surface area contributed by atoms with E-state index in [2.05, 4.69) is 9.97 Å². The summed E-state index contributed by atoms with van der Waals surface area (Å²) in [5.74, 6) is 0.516. The van der Waals surface area contributed by atoms with Crippen molar-refractivity contribution in [2.75, 3.05) is 7.05 Å². The Balaban J connectivity index is 1.63. The second-order valence-electron chi connectivity index (χ2n) is 5.91. The summed E-state index contributed by atoms with van der Waals surface area (Å²) >= 11 is 5.87. The van der Waals surface area contributed by atoms with E-state index >= 15 is 0 Å². The number of carbonyl (C=O) groups excluding carboxylic acids is 1. The zero-order chi connectivity index (χ0) is 17.8. The van der Waals surface area contributed by atoms with Crippen molar-refractivity contribution in [1.82, 2.24) is 14.9 Å². The third-order valence-electron chi connectivity index (χ3n) is 4.00. The number of halogens is 1. The average Bonchev–Trinajstić information content (AvgIpc) is 2.61. The number of hydrogen-bond donors (Lipinski definition) is 1. The molecule has 1 heterocycles. The van der Waals surface area contributed by atoms with Crippen LogP contribution in [0.4, 0.5) is 0 Å². The predicted octanol–water partition coefficient (Wildman–Crippen LogP) is 3.17. The molecule has 3 aromatic rings. The van der Waals surface area contributed by atoms with Crippen molar-refractivity contribution in [3.63, 3.8) is 0 Å². The number of benzene rings is 2. The fourth-order valence-electron chi connectivity index (χ4n) is 2.62. The first-order chi connectivity index (χ1) is 12.0. The van der Waals surface area contributed by atoms with Crippen LogP contribution in [0.15, 0.2) is 53.3 Å². The van der Waals surface area contributed by atoms with E-state index in [9.17, 15) is 9.59 Å². The molecule has 2 aromatic carbocycles. The monoisotopic (exact) mass is 355 g/mol. The van der Waals surface area contributed by atoms with Gasteiger partial charge in [-0.1, -0.05) is 35.9 Å². The van der Waals surface area contributed by atoms with Crippen molar-refractivity contribution in [2.45, 2.75) is 19.4 Å². The topological polar surface area (TPSA) is 66.1 Å². The van der Waals surface area contributed by atoms with Gasteiger partial charge < -0.3 is 9.88 Å². The highest BCUT2D eigenvalue weighted by atomic mass is 35.5. The molecule has 0 aliphatic rings. The summed E-state index contributed by atoms with van der Waals surface area (Å²) in [6.07, 6.45) is 0.676. The van der Waals surface area contributed by atoms with Crippen LogP contribution in [0.5, 0.6) is 0 Å². The van der Waals surface area contributed by atoms with E-state index < -0.39 is 0 Å². The summed E-state index contributed by atoms with van der Waals surface area (Å²) in [6.45, 7) is 0.512. The molecule has 5 nitrogen and oxygen atoms in total. The smallest absolute Gasteiger partial charge is 0.258 e. The fourth-order valence-corrected chi connectivity index (χ4v) is 2.75. The molecule has 0 spiro atoms. The van der Waals surface area contributed by atoms with Gasteiger partial charge in [-0.2, -0.15) is 0 Å². The number of rotatable bonds is 5. The van der Waals surface area contributed by atoms with Crippen molar-refractivity contribution in [2.24, 2.45) is 0 Å². The molecule has 0 aliphatic carbocycles. The lowest BCUT2D eigenvalue weighted by atomic mass is 10.2. The lowest BCUT2D eigenvalue weighted by Gasteiger charge is -2.17. The molecule has 0 saturated heterocycles. The number of nitrogens with one attached hydrogen (secondary N) is 1. The predicted molar refractivity (Wildman–Crippen MR) is 98.6 cm³/mol. The van der Waals surface area contributed by atoms with E-state index in [0.717, 1.165) is 5.56 Å². The maximum Gasteiger partial charge on any atom is 0.258 e. The third-order valence-corrected chi connectivity index (χ3v) is 4.25. The Morgan fingerprint density at radius 3 is 2.64 bits per heavy atom. The molecule has 0 atom stereocenters. The van der Waals surface area contributed by atoms with Crippen LogP contribution in [0.1, 0.15) is 17.8 Å². The highest BCUT2D eigenvalue weighted by molar-refractivity contribution is 6.30. The Labute approximate surface area is 150 Å². The summed E-state index contributed by atoms with van der Waals surface area (Å²) in [7, 11) is 1.76. The first-order valence-corrected chi connectivity index (χ1v) is 8.37. The molecule has 1 aromatic heterocycles. The molecule has 0 fully saturated rings. The fraction of sp³-hybridized carbons (Fsp3) is 0.211. The number of fused-ring (bicyclic) bond motifs is 1. The molecule has 1 amide bonds. The molecule has 0 bridgehead atoms. The van der Waals surface area contributed by atoms with Crippen molar-refractivity contribution in [3.8, 4) is 0 Å². The number of nitrogens with zero attached hydrogens (tertiary/aromatic N) is 2. The largest absolute Gasteiger partial charge is 0.341 e. The van der Waals surface area contributed by atoms with Gasteiger partial charge in [0.25, 0.3) is 5.56 Å². The third kappa shape index (κ3) is 4.25. The minimum absolute atomic E-state index is 0.00856. The lowest BCUT2D eigenvalue weighted by Crippen LogP contribution is -2.26. The maximum absolute atomic E-state index is 12.3. The molecule has 0 aliphatic heterocycles. The van der Waals surface area contributed by atoms with Crippen LogP contribution in [0.25, 0.3) is 10.9 Å². The summed E-state index contributed by atoms with van der Waals surface area (Å²) in [6, 6.07) is 14.6. The molecule has 25 heavy (non-hydrogen) atoms. The highest BCUT2D eigenvalue weighted by Gasteiger charge is 2.11. The van der Waals surface area contributed by atoms with Crippen LogP contribution in [0.2, 0.25) is 5.02 Å². The molecule has 128 valence electrons. The van der Waals surface area contributed by atoms with Gasteiger partial charge in [0, 0.05) is 31.5 Å². The van der Waals surface area contributed by atoms with Crippen molar-refractivity contribution < 1.29 is 4.79 Å². The van der Waals surface area contributed by atoms with Gasteiger partial charge in [0.2, 0.25) is 5.91 Å². The van der Waals surface area contributed by atoms with Crippen LogP contribution in [0, 0.1) is 0 Å². The molecule has 0 unspecified atom stereocenters. The number of carbonyl (C=O) groups is 1. The van der Waals surface area contributed by atoms with Crippen LogP contribution in [-0.2, 0) is 17.8 Å². The van der Waals surface area contributed by atoms with Crippen molar-refractivity contribution >= 4 is 28.4 Å². The first-order valence-electron chi connectivity index (χ1n) is 7.99.